The van der Waals surface area contributed by atoms with Crippen molar-refractivity contribution in [3.63, 3.8) is 0 Å². The zero-order chi connectivity index (χ0) is 19.9. The predicted octanol–water partition coefficient (Wildman–Crippen LogP) is 2.84. The third-order valence-corrected chi connectivity index (χ3v) is 4.89. The number of aromatic nitrogens is 1. The summed E-state index contributed by atoms with van der Waals surface area (Å²) in [4.78, 5) is 9.25. The highest BCUT2D eigenvalue weighted by Crippen LogP contribution is 2.20. The number of hydrogen-bond donors (Lipinski definition) is 1. The quantitative estimate of drug-likeness (QED) is 0.606. The van der Waals surface area contributed by atoms with Gasteiger partial charge in [-0.1, -0.05) is 18.1 Å². The third kappa shape index (κ3) is 5.28. The van der Waals surface area contributed by atoms with Gasteiger partial charge in [0, 0.05) is 63.9 Å². The number of nitrogens with zero attached hydrogens (tertiary/aromatic N) is 4. The first-order valence-electron chi connectivity index (χ1n) is 9.66. The van der Waals surface area contributed by atoms with E-state index in [4.69, 9.17) is 9.52 Å². The number of guanidine groups is 1. The summed E-state index contributed by atoms with van der Waals surface area (Å²) in [5, 5.41) is 7.28. The van der Waals surface area contributed by atoms with Gasteiger partial charge in [0.15, 0.2) is 5.96 Å². The summed E-state index contributed by atoms with van der Waals surface area (Å²) < 4.78 is 32.0. The predicted molar refractivity (Wildman–Crippen MR) is 104 cm³/mol. The number of aliphatic imine (C=N–C) groups is 1. The smallest absolute Gasteiger partial charge is 0.194 e. The van der Waals surface area contributed by atoms with E-state index in [-0.39, 0.29) is 5.92 Å². The summed E-state index contributed by atoms with van der Waals surface area (Å²) in [5.74, 6) is -0.386. The average Bonchev–Trinajstić information content (AvgIpc) is 3.18. The van der Waals surface area contributed by atoms with Gasteiger partial charge in [0.05, 0.1) is 5.69 Å². The molecule has 0 spiro atoms. The Hall–Kier alpha value is -2.48. The van der Waals surface area contributed by atoms with Gasteiger partial charge >= 0.3 is 0 Å². The van der Waals surface area contributed by atoms with Gasteiger partial charge in [0.1, 0.15) is 17.9 Å². The van der Waals surface area contributed by atoms with Crippen molar-refractivity contribution in [1.82, 2.24) is 20.3 Å². The Bertz CT molecular complexity index is 773. The second-order valence-corrected chi connectivity index (χ2v) is 7.02. The number of hydrogen-bond acceptors (Lipinski definition) is 4. The first-order chi connectivity index (χ1) is 13.6. The molecule has 6 nitrogen and oxygen atoms in total. The van der Waals surface area contributed by atoms with Crippen molar-refractivity contribution in [1.29, 1.82) is 0 Å². The van der Waals surface area contributed by atoms with E-state index in [1.54, 1.807) is 6.26 Å². The maximum Gasteiger partial charge on any atom is 0.194 e. The fourth-order valence-electron chi connectivity index (χ4n) is 3.31. The molecule has 1 atom stereocenters. The van der Waals surface area contributed by atoms with Crippen LogP contribution in [0.3, 0.4) is 0 Å². The summed E-state index contributed by atoms with van der Waals surface area (Å²) in [6, 6.07) is 5.60. The Morgan fingerprint density at radius 2 is 2.04 bits per heavy atom. The highest BCUT2D eigenvalue weighted by molar-refractivity contribution is 5.80. The van der Waals surface area contributed by atoms with Crippen LogP contribution in [-0.4, -0.2) is 60.2 Å². The molecule has 1 aliphatic heterocycles. The third-order valence-electron chi connectivity index (χ3n) is 4.89. The Kier molecular flexibility index (Phi) is 6.97. The lowest BCUT2D eigenvalue weighted by Gasteiger charge is -2.36. The lowest BCUT2D eigenvalue weighted by molar-refractivity contribution is 0.169. The molecular weight excluding hydrogens is 364 g/mol. The molecule has 0 amide bonds. The van der Waals surface area contributed by atoms with Gasteiger partial charge in [0.25, 0.3) is 0 Å². The van der Waals surface area contributed by atoms with Gasteiger partial charge in [-0.25, -0.2) is 8.78 Å². The van der Waals surface area contributed by atoms with E-state index in [9.17, 15) is 8.78 Å². The van der Waals surface area contributed by atoms with Gasteiger partial charge < -0.3 is 14.7 Å². The fourth-order valence-corrected chi connectivity index (χ4v) is 3.31. The normalized spacial score (nSPS) is 17.0. The maximum atomic E-state index is 14.0. The van der Waals surface area contributed by atoms with E-state index in [1.165, 1.54) is 12.1 Å². The zero-order valence-corrected chi connectivity index (χ0v) is 16.4. The van der Waals surface area contributed by atoms with Gasteiger partial charge in [-0.05, 0) is 18.6 Å². The molecule has 28 heavy (non-hydrogen) atoms. The molecule has 3 rings (SSSR count). The van der Waals surface area contributed by atoms with Crippen molar-refractivity contribution in [3.8, 4) is 0 Å². The van der Waals surface area contributed by atoms with Crippen LogP contribution in [-0.2, 0) is 6.54 Å². The number of halogens is 2. The van der Waals surface area contributed by atoms with Gasteiger partial charge in [0.2, 0.25) is 0 Å². The van der Waals surface area contributed by atoms with Gasteiger partial charge in [-0.3, -0.25) is 9.89 Å². The largest absolute Gasteiger partial charge is 0.364 e. The molecule has 0 bridgehead atoms. The summed E-state index contributed by atoms with van der Waals surface area (Å²) in [7, 11) is 0. The van der Waals surface area contributed by atoms with Crippen LogP contribution in [0.25, 0.3) is 0 Å². The van der Waals surface area contributed by atoms with Crippen molar-refractivity contribution < 1.29 is 13.3 Å². The molecule has 8 heteroatoms. The lowest BCUT2D eigenvalue weighted by Crippen LogP contribution is -2.52. The molecule has 1 unspecified atom stereocenters. The molecule has 0 saturated carbocycles. The van der Waals surface area contributed by atoms with E-state index in [0.29, 0.717) is 12.1 Å². The Morgan fingerprint density at radius 1 is 1.25 bits per heavy atom. The van der Waals surface area contributed by atoms with Crippen LogP contribution in [0.1, 0.15) is 31.0 Å². The van der Waals surface area contributed by atoms with E-state index < -0.39 is 11.6 Å². The van der Waals surface area contributed by atoms with E-state index in [1.807, 2.05) is 19.9 Å². The van der Waals surface area contributed by atoms with Crippen LogP contribution in [0.15, 0.2) is 40.0 Å². The molecule has 1 N–H and O–H groups in total. The van der Waals surface area contributed by atoms with E-state index in [2.05, 4.69) is 20.3 Å². The minimum absolute atomic E-state index is 0.136. The second-order valence-electron chi connectivity index (χ2n) is 7.02. The van der Waals surface area contributed by atoms with Crippen molar-refractivity contribution in [2.75, 3.05) is 39.3 Å². The van der Waals surface area contributed by atoms with Crippen molar-refractivity contribution in [3.05, 3.63) is 53.4 Å². The van der Waals surface area contributed by atoms with Crippen LogP contribution < -0.4 is 5.32 Å². The molecule has 2 heterocycles. The molecule has 0 radical (unpaired) electrons. The van der Waals surface area contributed by atoms with Crippen LogP contribution in [0.4, 0.5) is 8.78 Å². The van der Waals surface area contributed by atoms with Gasteiger partial charge in [-0.2, -0.15) is 0 Å². The molecule has 152 valence electrons. The zero-order valence-electron chi connectivity index (χ0n) is 16.4. The SMILES string of the molecule is CCNC(=NCC(C)c1ccc(F)cc1F)N1CCN(Cc2ccon2)CC1. The molecule has 1 aromatic heterocycles. The van der Waals surface area contributed by atoms with E-state index >= 15 is 0 Å². The molecule has 2 aromatic rings. The maximum absolute atomic E-state index is 14.0. The molecule has 1 aliphatic rings. The minimum Gasteiger partial charge on any atom is -0.364 e. The van der Waals surface area contributed by atoms with Crippen molar-refractivity contribution in [2.24, 2.45) is 4.99 Å². The average molecular weight is 391 g/mol. The standard InChI is InChI=1S/C20H27F2N5O/c1-3-23-20(24-13-15(2)18-5-4-16(21)12-19(18)22)27-9-7-26(8-10-27)14-17-6-11-28-25-17/h4-6,11-12,15H,3,7-10,13-14H2,1-2H3,(H,23,24). The number of rotatable bonds is 6. The van der Waals surface area contributed by atoms with Crippen molar-refractivity contribution in [2.45, 2.75) is 26.3 Å². The lowest BCUT2D eigenvalue weighted by atomic mass is 10.0. The summed E-state index contributed by atoms with van der Waals surface area (Å²) in [5.41, 5.74) is 1.42. The van der Waals surface area contributed by atoms with E-state index in [0.717, 1.165) is 57.0 Å². The van der Waals surface area contributed by atoms with Gasteiger partial charge in [-0.15, -0.1) is 0 Å². The monoisotopic (exact) mass is 391 g/mol. The molecule has 1 saturated heterocycles. The topological polar surface area (TPSA) is 56.9 Å². The minimum atomic E-state index is -0.561. The molecule has 0 aliphatic carbocycles. The molecule has 1 aromatic carbocycles. The van der Waals surface area contributed by atoms with Crippen LogP contribution >= 0.6 is 0 Å². The summed E-state index contributed by atoms with van der Waals surface area (Å²) in [6.45, 7) is 9.41. The molecule has 1 fully saturated rings. The second kappa shape index (κ2) is 9.64. The first-order valence-corrected chi connectivity index (χ1v) is 9.66. The highest BCUT2D eigenvalue weighted by atomic mass is 19.1. The first kappa shape index (κ1) is 20.3. The van der Waals surface area contributed by atoms with Crippen LogP contribution in [0, 0.1) is 11.6 Å². The Labute approximate surface area is 164 Å². The number of piperazine rings is 1. The van der Waals surface area contributed by atoms with Crippen LogP contribution in [0.5, 0.6) is 0 Å². The summed E-state index contributed by atoms with van der Waals surface area (Å²) >= 11 is 0. The summed E-state index contributed by atoms with van der Waals surface area (Å²) in [6.07, 6.45) is 1.59. The number of benzene rings is 1. The molecular formula is C20H27F2N5O. The highest BCUT2D eigenvalue weighted by Gasteiger charge is 2.21. The number of nitrogens with one attached hydrogen (secondary N) is 1. The Morgan fingerprint density at radius 3 is 2.68 bits per heavy atom. The Balaban J connectivity index is 1.58. The van der Waals surface area contributed by atoms with Crippen molar-refractivity contribution >= 4 is 5.96 Å². The fraction of sp³-hybridized carbons (Fsp3) is 0.500. The van der Waals surface area contributed by atoms with Crippen LogP contribution in [0.2, 0.25) is 0 Å².